The van der Waals surface area contributed by atoms with Crippen molar-refractivity contribution in [3.8, 4) is 28.0 Å². The van der Waals surface area contributed by atoms with Gasteiger partial charge in [0.2, 0.25) is 5.91 Å². The van der Waals surface area contributed by atoms with Gasteiger partial charge >= 0.3 is 0 Å². The fourth-order valence-corrected chi connectivity index (χ4v) is 3.82. The Balaban J connectivity index is 1.72. The number of hydrogen-bond donors (Lipinski definition) is 3. The van der Waals surface area contributed by atoms with Gasteiger partial charge in [0.15, 0.2) is 0 Å². The first-order valence-electron chi connectivity index (χ1n) is 10.1. The number of phenolic OH excluding ortho intramolecular Hbond substituents is 1. The molecule has 3 N–H and O–H groups in total. The Morgan fingerprint density at radius 3 is 2.39 bits per heavy atom. The second-order valence-corrected chi connectivity index (χ2v) is 7.51. The fraction of sp³-hybridized carbons (Fsp3) is 0.208. The first-order valence-corrected chi connectivity index (χ1v) is 10.1. The summed E-state index contributed by atoms with van der Waals surface area (Å²) < 4.78 is 28.8. The van der Waals surface area contributed by atoms with Crippen LogP contribution in [-0.2, 0) is 4.79 Å². The number of nitrogens with one attached hydrogen (secondary N) is 2. The molecule has 0 saturated carbocycles. The number of benzene rings is 3. The third-order valence-corrected chi connectivity index (χ3v) is 5.30. The van der Waals surface area contributed by atoms with Gasteiger partial charge < -0.3 is 20.6 Å². The predicted octanol–water partition coefficient (Wildman–Crippen LogP) is 4.37. The maximum Gasteiger partial charge on any atom is 0.221 e. The van der Waals surface area contributed by atoms with E-state index in [4.69, 9.17) is 0 Å². The van der Waals surface area contributed by atoms with Crippen molar-refractivity contribution in [2.24, 2.45) is 0 Å². The van der Waals surface area contributed by atoms with Crippen molar-refractivity contribution in [3.63, 3.8) is 0 Å². The molecule has 0 aromatic heterocycles. The molecule has 31 heavy (non-hydrogen) atoms. The lowest BCUT2D eigenvalue weighted by atomic mass is 9.96. The van der Waals surface area contributed by atoms with E-state index in [1.54, 1.807) is 24.3 Å². The molecular formula is C24H23F2N3O2. The molecule has 0 atom stereocenters. The summed E-state index contributed by atoms with van der Waals surface area (Å²) >= 11 is 0. The molecule has 1 aliphatic rings. The minimum Gasteiger partial charge on any atom is -0.507 e. The Hall–Kier alpha value is -3.45. The topological polar surface area (TPSA) is 64.6 Å². The number of carbonyl (C=O) groups excluding carboxylic acids is 1. The quantitative estimate of drug-likeness (QED) is 0.583. The van der Waals surface area contributed by atoms with Crippen LogP contribution in [-0.4, -0.2) is 37.2 Å². The monoisotopic (exact) mass is 423 g/mol. The predicted molar refractivity (Wildman–Crippen MR) is 118 cm³/mol. The zero-order valence-corrected chi connectivity index (χ0v) is 17.1. The van der Waals surface area contributed by atoms with Gasteiger partial charge in [0.1, 0.15) is 17.4 Å². The summed E-state index contributed by atoms with van der Waals surface area (Å²) in [6, 6.07) is 14.2. The number of amides is 1. The largest absolute Gasteiger partial charge is 0.507 e. The maximum absolute atomic E-state index is 14.4. The van der Waals surface area contributed by atoms with E-state index < -0.39 is 5.82 Å². The summed E-state index contributed by atoms with van der Waals surface area (Å²) in [6.07, 6.45) is 0. The number of piperazine rings is 1. The molecule has 1 fully saturated rings. The van der Waals surface area contributed by atoms with Crippen LogP contribution in [0.5, 0.6) is 5.75 Å². The molecule has 0 aliphatic carbocycles. The molecule has 3 aromatic rings. The molecule has 1 amide bonds. The molecule has 0 radical (unpaired) electrons. The molecule has 0 bridgehead atoms. The van der Waals surface area contributed by atoms with Crippen molar-refractivity contribution < 1.29 is 18.7 Å². The number of rotatable bonds is 4. The Labute approximate surface area is 179 Å². The van der Waals surface area contributed by atoms with Gasteiger partial charge in [-0.2, -0.15) is 0 Å². The van der Waals surface area contributed by atoms with E-state index in [0.717, 1.165) is 31.9 Å². The summed E-state index contributed by atoms with van der Waals surface area (Å²) in [5.41, 5.74) is 2.69. The number of anilines is 2. The first kappa shape index (κ1) is 20.8. The molecular weight excluding hydrogens is 400 g/mol. The van der Waals surface area contributed by atoms with Crippen LogP contribution in [0.15, 0.2) is 54.6 Å². The van der Waals surface area contributed by atoms with Crippen LogP contribution in [0.1, 0.15) is 6.92 Å². The zero-order chi connectivity index (χ0) is 22.0. The van der Waals surface area contributed by atoms with Crippen molar-refractivity contribution in [1.29, 1.82) is 0 Å². The van der Waals surface area contributed by atoms with Crippen molar-refractivity contribution in [2.75, 3.05) is 36.4 Å². The van der Waals surface area contributed by atoms with Gasteiger partial charge in [-0.1, -0.05) is 24.3 Å². The highest BCUT2D eigenvalue weighted by molar-refractivity contribution is 5.89. The number of phenols is 1. The smallest absolute Gasteiger partial charge is 0.221 e. The van der Waals surface area contributed by atoms with Crippen LogP contribution in [0.4, 0.5) is 20.2 Å². The molecule has 0 unspecified atom stereocenters. The summed E-state index contributed by atoms with van der Waals surface area (Å²) in [5, 5.41) is 16.6. The summed E-state index contributed by atoms with van der Waals surface area (Å²) in [5.74, 6) is -1.43. The second kappa shape index (κ2) is 8.73. The molecule has 1 heterocycles. The third kappa shape index (κ3) is 4.51. The highest BCUT2D eigenvalue weighted by Crippen LogP contribution is 2.40. The van der Waals surface area contributed by atoms with E-state index in [9.17, 15) is 18.7 Å². The summed E-state index contributed by atoms with van der Waals surface area (Å²) in [4.78, 5) is 13.3. The second-order valence-electron chi connectivity index (χ2n) is 7.51. The van der Waals surface area contributed by atoms with Crippen molar-refractivity contribution >= 4 is 17.3 Å². The lowest BCUT2D eigenvalue weighted by Gasteiger charge is -2.30. The fourth-order valence-electron chi connectivity index (χ4n) is 3.82. The van der Waals surface area contributed by atoms with Crippen LogP contribution < -0.4 is 15.5 Å². The SMILES string of the molecule is CC(=O)Nc1ccc(-c2cccc(-c3cc(F)cc(N4CCNCC4)c3)c2O)cc1F. The van der Waals surface area contributed by atoms with E-state index in [1.807, 2.05) is 6.07 Å². The van der Waals surface area contributed by atoms with Crippen LogP contribution >= 0.6 is 0 Å². The number of para-hydroxylation sites is 1. The highest BCUT2D eigenvalue weighted by atomic mass is 19.1. The number of aromatic hydroxyl groups is 1. The van der Waals surface area contributed by atoms with Gasteiger partial charge in [0, 0.05) is 49.9 Å². The average Bonchev–Trinajstić information content (AvgIpc) is 2.75. The lowest BCUT2D eigenvalue weighted by Crippen LogP contribution is -2.43. The number of halogens is 2. The minimum atomic E-state index is -0.607. The Bertz CT molecular complexity index is 1130. The van der Waals surface area contributed by atoms with Gasteiger partial charge in [-0.25, -0.2) is 8.78 Å². The van der Waals surface area contributed by atoms with Crippen LogP contribution in [0.2, 0.25) is 0 Å². The summed E-state index contributed by atoms with van der Waals surface area (Å²) in [7, 11) is 0. The maximum atomic E-state index is 14.4. The molecule has 7 heteroatoms. The van der Waals surface area contributed by atoms with E-state index >= 15 is 0 Å². The molecule has 5 nitrogen and oxygen atoms in total. The van der Waals surface area contributed by atoms with Gasteiger partial charge in [0.25, 0.3) is 0 Å². The van der Waals surface area contributed by atoms with E-state index in [0.29, 0.717) is 22.3 Å². The van der Waals surface area contributed by atoms with E-state index in [1.165, 1.54) is 31.2 Å². The van der Waals surface area contributed by atoms with Crippen LogP contribution in [0, 0.1) is 11.6 Å². The lowest BCUT2D eigenvalue weighted by molar-refractivity contribution is -0.114. The van der Waals surface area contributed by atoms with Gasteiger partial charge in [-0.15, -0.1) is 0 Å². The van der Waals surface area contributed by atoms with Crippen LogP contribution in [0.3, 0.4) is 0 Å². The molecule has 160 valence electrons. The Morgan fingerprint density at radius 1 is 1.00 bits per heavy atom. The van der Waals surface area contributed by atoms with Crippen molar-refractivity contribution in [2.45, 2.75) is 6.92 Å². The standard InChI is InChI=1S/C24H23F2N3O2/c1-15(30)28-23-6-5-16(13-22(23)26)20-3-2-4-21(24(20)31)17-11-18(25)14-19(12-17)29-9-7-27-8-10-29/h2-6,11-14,27,31H,7-10H2,1H3,(H,28,30). The average molecular weight is 423 g/mol. The number of carbonyl (C=O) groups is 1. The minimum absolute atomic E-state index is 0.0639. The Kier molecular flexibility index (Phi) is 5.86. The Morgan fingerprint density at radius 2 is 1.71 bits per heavy atom. The van der Waals surface area contributed by atoms with E-state index in [-0.39, 0.29) is 23.2 Å². The molecule has 1 saturated heterocycles. The van der Waals surface area contributed by atoms with Crippen LogP contribution in [0.25, 0.3) is 22.3 Å². The third-order valence-electron chi connectivity index (χ3n) is 5.30. The molecule has 3 aromatic carbocycles. The van der Waals surface area contributed by atoms with E-state index in [2.05, 4.69) is 15.5 Å². The van der Waals surface area contributed by atoms with Gasteiger partial charge in [0.05, 0.1) is 5.69 Å². The number of nitrogens with zero attached hydrogens (tertiary/aromatic N) is 1. The molecule has 1 aliphatic heterocycles. The van der Waals surface area contributed by atoms with Crippen molar-refractivity contribution in [3.05, 3.63) is 66.2 Å². The summed E-state index contributed by atoms with van der Waals surface area (Å²) in [6.45, 7) is 4.50. The normalized spacial score (nSPS) is 13.8. The number of hydrogen-bond acceptors (Lipinski definition) is 4. The van der Waals surface area contributed by atoms with Gasteiger partial charge in [-0.05, 0) is 41.5 Å². The molecule has 0 spiro atoms. The highest BCUT2D eigenvalue weighted by Gasteiger charge is 2.17. The van der Waals surface area contributed by atoms with Crippen molar-refractivity contribution in [1.82, 2.24) is 5.32 Å². The molecule has 4 rings (SSSR count). The zero-order valence-electron chi connectivity index (χ0n) is 17.1. The van der Waals surface area contributed by atoms with Gasteiger partial charge in [-0.3, -0.25) is 4.79 Å². The first-order chi connectivity index (χ1) is 14.9.